The van der Waals surface area contributed by atoms with Gasteiger partial charge in [-0.25, -0.2) is 9.97 Å². The zero-order valence-electron chi connectivity index (χ0n) is 14.8. The SMILES string of the molecule is Cc1ccc(Cc2cnc(NC(=O)c3cnc(-c4ccccc4)[nH]3)s2)cc1. The number of nitrogens with zero attached hydrogens (tertiary/aromatic N) is 2. The number of imidazole rings is 1. The summed E-state index contributed by atoms with van der Waals surface area (Å²) in [6, 6.07) is 18.1. The summed E-state index contributed by atoms with van der Waals surface area (Å²) in [5, 5.41) is 3.42. The Labute approximate surface area is 161 Å². The predicted octanol–water partition coefficient (Wildman–Crippen LogP) is 4.68. The minimum atomic E-state index is -0.249. The Morgan fingerprint density at radius 3 is 2.59 bits per heavy atom. The Kier molecular flexibility index (Phi) is 4.80. The lowest BCUT2D eigenvalue weighted by Crippen LogP contribution is -2.11. The number of aromatic amines is 1. The van der Waals surface area contributed by atoms with Crippen LogP contribution in [0.2, 0.25) is 0 Å². The Bertz CT molecular complexity index is 1050. The number of carbonyl (C=O) groups is 1. The van der Waals surface area contributed by atoms with Gasteiger partial charge in [0.15, 0.2) is 5.13 Å². The van der Waals surface area contributed by atoms with Crippen LogP contribution in [0.1, 0.15) is 26.5 Å². The van der Waals surface area contributed by atoms with E-state index < -0.39 is 0 Å². The molecule has 0 saturated carbocycles. The van der Waals surface area contributed by atoms with E-state index in [-0.39, 0.29) is 5.91 Å². The van der Waals surface area contributed by atoms with Crippen molar-refractivity contribution in [2.45, 2.75) is 13.3 Å². The molecule has 2 aromatic heterocycles. The van der Waals surface area contributed by atoms with Crippen molar-refractivity contribution in [2.24, 2.45) is 0 Å². The van der Waals surface area contributed by atoms with Crippen LogP contribution < -0.4 is 5.32 Å². The molecule has 2 aromatic carbocycles. The van der Waals surface area contributed by atoms with Crippen molar-refractivity contribution in [3.8, 4) is 11.4 Å². The molecule has 4 aromatic rings. The number of H-pyrrole nitrogens is 1. The summed E-state index contributed by atoms with van der Waals surface area (Å²) in [5.41, 5.74) is 3.81. The minimum Gasteiger partial charge on any atom is -0.334 e. The Balaban J connectivity index is 1.42. The van der Waals surface area contributed by atoms with Crippen LogP contribution in [-0.4, -0.2) is 20.9 Å². The van der Waals surface area contributed by atoms with Crippen molar-refractivity contribution in [3.63, 3.8) is 0 Å². The van der Waals surface area contributed by atoms with Crippen LogP contribution in [0.3, 0.4) is 0 Å². The second kappa shape index (κ2) is 7.55. The highest BCUT2D eigenvalue weighted by Crippen LogP contribution is 2.22. The van der Waals surface area contributed by atoms with E-state index in [0.717, 1.165) is 16.9 Å². The van der Waals surface area contributed by atoms with Crippen molar-refractivity contribution < 1.29 is 4.79 Å². The summed E-state index contributed by atoms with van der Waals surface area (Å²) < 4.78 is 0. The molecule has 0 unspecified atom stereocenters. The molecular formula is C21H18N4OS. The molecule has 0 saturated heterocycles. The van der Waals surface area contributed by atoms with Gasteiger partial charge in [0, 0.05) is 23.1 Å². The van der Waals surface area contributed by atoms with Gasteiger partial charge in [0.05, 0.1) is 6.20 Å². The van der Waals surface area contributed by atoms with Crippen LogP contribution in [0.4, 0.5) is 5.13 Å². The zero-order chi connectivity index (χ0) is 18.6. The van der Waals surface area contributed by atoms with Crippen LogP contribution in [0, 0.1) is 6.92 Å². The number of aromatic nitrogens is 3. The molecule has 0 aliphatic rings. The summed E-state index contributed by atoms with van der Waals surface area (Å²) in [6.45, 7) is 2.07. The smallest absolute Gasteiger partial charge is 0.275 e. The quantitative estimate of drug-likeness (QED) is 0.533. The summed E-state index contributed by atoms with van der Waals surface area (Å²) in [5.74, 6) is 0.417. The Morgan fingerprint density at radius 1 is 1.04 bits per heavy atom. The largest absolute Gasteiger partial charge is 0.334 e. The molecule has 5 nitrogen and oxygen atoms in total. The van der Waals surface area contributed by atoms with Gasteiger partial charge in [-0.15, -0.1) is 11.3 Å². The van der Waals surface area contributed by atoms with Crippen molar-refractivity contribution in [3.05, 3.63) is 88.7 Å². The van der Waals surface area contributed by atoms with E-state index >= 15 is 0 Å². The lowest BCUT2D eigenvalue weighted by Gasteiger charge is -2.00. The lowest BCUT2D eigenvalue weighted by molar-refractivity contribution is 0.102. The maximum atomic E-state index is 12.4. The van der Waals surface area contributed by atoms with Gasteiger partial charge in [-0.2, -0.15) is 0 Å². The number of aryl methyl sites for hydroxylation is 1. The van der Waals surface area contributed by atoms with Gasteiger partial charge in [-0.1, -0.05) is 60.2 Å². The average Bonchev–Trinajstić information content (AvgIpc) is 3.34. The fraction of sp³-hybridized carbons (Fsp3) is 0.0952. The van der Waals surface area contributed by atoms with Crippen LogP contribution >= 0.6 is 11.3 Å². The molecular weight excluding hydrogens is 356 g/mol. The molecule has 6 heteroatoms. The number of amides is 1. The maximum Gasteiger partial charge on any atom is 0.275 e. The molecule has 0 atom stereocenters. The zero-order valence-corrected chi connectivity index (χ0v) is 15.6. The Hall–Kier alpha value is -3.25. The fourth-order valence-corrected chi connectivity index (χ4v) is 3.54. The monoisotopic (exact) mass is 374 g/mol. The topological polar surface area (TPSA) is 70.7 Å². The lowest BCUT2D eigenvalue weighted by atomic mass is 10.1. The molecule has 0 spiro atoms. The molecule has 0 radical (unpaired) electrons. The first-order valence-electron chi connectivity index (χ1n) is 8.59. The molecule has 0 aliphatic heterocycles. The van der Waals surface area contributed by atoms with Gasteiger partial charge in [0.1, 0.15) is 11.5 Å². The third-order valence-electron chi connectivity index (χ3n) is 4.14. The molecule has 27 heavy (non-hydrogen) atoms. The number of thiazole rings is 1. The summed E-state index contributed by atoms with van der Waals surface area (Å²) in [7, 11) is 0. The summed E-state index contributed by atoms with van der Waals surface area (Å²) >= 11 is 1.48. The van der Waals surface area contributed by atoms with Crippen LogP contribution in [0.25, 0.3) is 11.4 Å². The highest BCUT2D eigenvalue weighted by atomic mass is 32.1. The van der Waals surface area contributed by atoms with E-state index in [1.54, 1.807) is 6.20 Å². The van der Waals surface area contributed by atoms with E-state index in [4.69, 9.17) is 0 Å². The van der Waals surface area contributed by atoms with Crippen molar-refractivity contribution in [2.75, 3.05) is 5.32 Å². The predicted molar refractivity (Wildman–Crippen MR) is 108 cm³/mol. The number of anilines is 1. The molecule has 0 aliphatic carbocycles. The van der Waals surface area contributed by atoms with Crippen LogP contribution in [0.5, 0.6) is 0 Å². The highest BCUT2D eigenvalue weighted by Gasteiger charge is 2.13. The van der Waals surface area contributed by atoms with E-state index in [1.807, 2.05) is 36.5 Å². The minimum absolute atomic E-state index is 0.249. The summed E-state index contributed by atoms with van der Waals surface area (Å²) in [4.78, 5) is 25.2. The van der Waals surface area contributed by atoms with Gasteiger partial charge in [-0.05, 0) is 12.5 Å². The highest BCUT2D eigenvalue weighted by molar-refractivity contribution is 7.15. The maximum absolute atomic E-state index is 12.4. The van der Waals surface area contributed by atoms with E-state index in [0.29, 0.717) is 16.6 Å². The fourth-order valence-electron chi connectivity index (χ4n) is 2.70. The summed E-state index contributed by atoms with van der Waals surface area (Å²) in [6.07, 6.45) is 4.15. The van der Waals surface area contributed by atoms with Crippen molar-refractivity contribution in [1.29, 1.82) is 0 Å². The molecule has 1 amide bonds. The number of nitrogens with one attached hydrogen (secondary N) is 2. The first-order chi connectivity index (χ1) is 13.2. The van der Waals surface area contributed by atoms with Crippen LogP contribution in [0.15, 0.2) is 67.0 Å². The average molecular weight is 374 g/mol. The van der Waals surface area contributed by atoms with E-state index in [9.17, 15) is 4.79 Å². The molecule has 0 fully saturated rings. The standard InChI is InChI=1S/C21H18N4OS/c1-14-7-9-15(10-8-14)11-17-12-23-21(27-17)25-20(26)18-13-22-19(24-18)16-5-3-2-4-6-16/h2-10,12-13H,11H2,1H3,(H,22,24)(H,23,25,26). The normalized spacial score (nSPS) is 10.7. The number of rotatable bonds is 5. The second-order valence-electron chi connectivity index (χ2n) is 6.26. The Morgan fingerprint density at radius 2 is 1.81 bits per heavy atom. The first-order valence-corrected chi connectivity index (χ1v) is 9.41. The number of hydrogen-bond acceptors (Lipinski definition) is 4. The third-order valence-corrected chi connectivity index (χ3v) is 5.05. The number of hydrogen-bond donors (Lipinski definition) is 2. The van der Waals surface area contributed by atoms with Gasteiger partial charge < -0.3 is 4.98 Å². The molecule has 2 heterocycles. The van der Waals surface area contributed by atoms with Crippen molar-refractivity contribution >= 4 is 22.4 Å². The van der Waals surface area contributed by atoms with Gasteiger partial charge in [0.2, 0.25) is 0 Å². The van der Waals surface area contributed by atoms with E-state index in [1.165, 1.54) is 22.5 Å². The van der Waals surface area contributed by atoms with Crippen LogP contribution in [-0.2, 0) is 6.42 Å². The van der Waals surface area contributed by atoms with Gasteiger partial charge in [0.25, 0.3) is 5.91 Å². The molecule has 4 rings (SSSR count). The van der Waals surface area contributed by atoms with Crippen molar-refractivity contribution in [1.82, 2.24) is 15.0 Å². The van der Waals surface area contributed by atoms with E-state index in [2.05, 4.69) is 51.5 Å². The number of carbonyl (C=O) groups excluding carboxylic acids is 1. The van der Waals surface area contributed by atoms with Gasteiger partial charge in [-0.3, -0.25) is 10.1 Å². The number of benzene rings is 2. The molecule has 0 bridgehead atoms. The van der Waals surface area contributed by atoms with Gasteiger partial charge >= 0.3 is 0 Å². The third kappa shape index (κ3) is 4.12. The molecule has 134 valence electrons. The molecule has 2 N–H and O–H groups in total. The second-order valence-corrected chi connectivity index (χ2v) is 7.37. The first kappa shape index (κ1) is 17.2.